The number of furan rings is 1. The van der Waals surface area contributed by atoms with Crippen molar-refractivity contribution >= 4 is 17.4 Å². The minimum Gasteiger partial charge on any atom is -0.496 e. The number of morpholine rings is 1. The van der Waals surface area contributed by atoms with E-state index in [0.29, 0.717) is 54.6 Å². The molecule has 0 unspecified atom stereocenters. The fraction of sp³-hybridized carbons (Fsp3) is 0.300. The smallest absolute Gasteiger partial charge is 0.278 e. The van der Waals surface area contributed by atoms with Gasteiger partial charge in [-0.25, -0.2) is 0 Å². The zero-order chi connectivity index (χ0) is 18.8. The first-order chi connectivity index (χ1) is 13.2. The van der Waals surface area contributed by atoms with E-state index < -0.39 is 0 Å². The van der Waals surface area contributed by atoms with Gasteiger partial charge in [0.2, 0.25) is 0 Å². The van der Waals surface area contributed by atoms with Crippen LogP contribution in [-0.2, 0) is 20.9 Å². The molecule has 7 heteroatoms. The summed E-state index contributed by atoms with van der Waals surface area (Å²) in [6.45, 7) is 2.24. The average molecular weight is 368 g/mol. The third-order valence-corrected chi connectivity index (χ3v) is 4.74. The van der Waals surface area contributed by atoms with Crippen LogP contribution in [0.2, 0.25) is 0 Å². The highest BCUT2D eigenvalue weighted by atomic mass is 16.5. The zero-order valence-electron chi connectivity index (χ0n) is 15.0. The van der Waals surface area contributed by atoms with Crippen LogP contribution >= 0.6 is 0 Å². The van der Waals surface area contributed by atoms with Crippen molar-refractivity contribution in [3.63, 3.8) is 0 Å². The molecular formula is C20H20N2O5. The summed E-state index contributed by atoms with van der Waals surface area (Å²) in [6.07, 6.45) is 1.53. The summed E-state index contributed by atoms with van der Waals surface area (Å²) in [7, 11) is 1.55. The predicted molar refractivity (Wildman–Crippen MR) is 96.6 cm³/mol. The molecule has 0 radical (unpaired) electrons. The summed E-state index contributed by atoms with van der Waals surface area (Å²) in [4.78, 5) is 29.6. The molecule has 0 atom stereocenters. The lowest BCUT2D eigenvalue weighted by molar-refractivity contribution is -0.138. The van der Waals surface area contributed by atoms with E-state index >= 15 is 0 Å². The van der Waals surface area contributed by atoms with Crippen molar-refractivity contribution in [1.82, 2.24) is 9.80 Å². The molecule has 4 rings (SSSR count). The normalized spacial score (nSPS) is 17.8. The highest BCUT2D eigenvalue weighted by Crippen LogP contribution is 2.37. The van der Waals surface area contributed by atoms with Crippen LogP contribution in [0.25, 0.3) is 5.57 Å². The Morgan fingerprint density at radius 1 is 1.04 bits per heavy atom. The van der Waals surface area contributed by atoms with Gasteiger partial charge in [-0.1, -0.05) is 18.2 Å². The molecule has 0 saturated carbocycles. The number of rotatable bonds is 5. The van der Waals surface area contributed by atoms with E-state index in [1.165, 1.54) is 11.2 Å². The summed E-state index contributed by atoms with van der Waals surface area (Å²) in [5.41, 5.74) is 1.38. The van der Waals surface area contributed by atoms with Crippen LogP contribution in [0.3, 0.4) is 0 Å². The maximum atomic E-state index is 13.3. The zero-order valence-corrected chi connectivity index (χ0v) is 15.0. The minimum atomic E-state index is -0.345. The van der Waals surface area contributed by atoms with Crippen molar-refractivity contribution in [1.29, 1.82) is 0 Å². The average Bonchev–Trinajstić information content (AvgIpc) is 3.31. The van der Waals surface area contributed by atoms with E-state index in [9.17, 15) is 9.59 Å². The van der Waals surface area contributed by atoms with E-state index in [1.54, 1.807) is 31.4 Å². The Kier molecular flexibility index (Phi) is 4.68. The monoisotopic (exact) mass is 368 g/mol. The molecule has 140 valence electrons. The van der Waals surface area contributed by atoms with Crippen LogP contribution in [0, 0.1) is 0 Å². The minimum absolute atomic E-state index is 0.0944. The Bertz CT molecular complexity index is 882. The molecule has 1 fully saturated rings. The molecule has 2 aliphatic rings. The number of carbonyl (C=O) groups is 2. The van der Waals surface area contributed by atoms with Crippen molar-refractivity contribution in [3.05, 3.63) is 59.7 Å². The van der Waals surface area contributed by atoms with Gasteiger partial charge >= 0.3 is 0 Å². The first-order valence-corrected chi connectivity index (χ1v) is 8.79. The van der Waals surface area contributed by atoms with Gasteiger partial charge in [-0.05, 0) is 18.2 Å². The molecule has 0 spiro atoms. The molecule has 3 heterocycles. The van der Waals surface area contributed by atoms with E-state index in [2.05, 4.69) is 0 Å². The maximum absolute atomic E-state index is 13.3. The van der Waals surface area contributed by atoms with Gasteiger partial charge in [-0.2, -0.15) is 0 Å². The molecule has 0 N–H and O–H groups in total. The highest BCUT2D eigenvalue weighted by Gasteiger charge is 2.43. The molecule has 2 amide bonds. The lowest BCUT2D eigenvalue weighted by Gasteiger charge is -2.29. The standard InChI is InChI=1S/C20H20N2O5/c1-25-16-7-3-2-6-15(16)17-18(21-8-11-26-12-9-21)20(24)22(19(17)23)13-14-5-4-10-27-14/h2-7,10H,8-9,11-13H2,1H3. The van der Waals surface area contributed by atoms with E-state index in [4.69, 9.17) is 13.9 Å². The second-order valence-corrected chi connectivity index (χ2v) is 6.30. The third-order valence-electron chi connectivity index (χ3n) is 4.74. The second kappa shape index (κ2) is 7.28. The topological polar surface area (TPSA) is 72.2 Å². The van der Waals surface area contributed by atoms with E-state index in [1.807, 2.05) is 17.0 Å². The largest absolute Gasteiger partial charge is 0.496 e. The van der Waals surface area contributed by atoms with Crippen molar-refractivity contribution in [3.8, 4) is 5.75 Å². The SMILES string of the molecule is COc1ccccc1C1=C(N2CCOCC2)C(=O)N(Cc2ccco2)C1=O. The summed E-state index contributed by atoms with van der Waals surface area (Å²) >= 11 is 0. The van der Waals surface area contributed by atoms with Crippen LogP contribution < -0.4 is 4.74 Å². The van der Waals surface area contributed by atoms with Gasteiger partial charge in [0.15, 0.2) is 0 Å². The molecule has 7 nitrogen and oxygen atoms in total. The van der Waals surface area contributed by atoms with Gasteiger partial charge in [0.1, 0.15) is 17.2 Å². The molecule has 1 saturated heterocycles. The van der Waals surface area contributed by atoms with E-state index in [-0.39, 0.29) is 18.4 Å². The molecule has 1 aromatic carbocycles. The van der Waals surface area contributed by atoms with Gasteiger partial charge in [0.05, 0.1) is 38.7 Å². The fourth-order valence-electron chi connectivity index (χ4n) is 3.44. The quantitative estimate of drug-likeness (QED) is 0.751. The van der Waals surface area contributed by atoms with Gasteiger partial charge in [-0.15, -0.1) is 0 Å². The first-order valence-electron chi connectivity index (χ1n) is 8.79. The number of imide groups is 1. The van der Waals surface area contributed by atoms with Gasteiger partial charge in [0.25, 0.3) is 11.8 Å². The van der Waals surface area contributed by atoms with Crippen LogP contribution in [0.1, 0.15) is 11.3 Å². The number of hydrogen-bond donors (Lipinski definition) is 0. The lowest BCUT2D eigenvalue weighted by atomic mass is 10.0. The molecule has 27 heavy (non-hydrogen) atoms. The summed E-state index contributed by atoms with van der Waals surface area (Å²) < 4.78 is 16.2. The van der Waals surface area contributed by atoms with Crippen molar-refractivity contribution in [2.75, 3.05) is 33.4 Å². The molecule has 0 aliphatic carbocycles. The van der Waals surface area contributed by atoms with Gasteiger partial charge in [-0.3, -0.25) is 14.5 Å². The fourth-order valence-corrected chi connectivity index (χ4v) is 3.44. The van der Waals surface area contributed by atoms with Gasteiger partial charge in [0, 0.05) is 18.7 Å². The van der Waals surface area contributed by atoms with Crippen LogP contribution in [0.15, 0.2) is 52.8 Å². The maximum Gasteiger partial charge on any atom is 0.278 e. The molecular weight excluding hydrogens is 348 g/mol. The number of para-hydroxylation sites is 1. The number of nitrogens with zero attached hydrogens (tertiary/aromatic N) is 2. The van der Waals surface area contributed by atoms with E-state index in [0.717, 1.165) is 0 Å². The Hall–Kier alpha value is -3.06. The van der Waals surface area contributed by atoms with Crippen LogP contribution in [-0.4, -0.2) is 55.0 Å². The number of carbonyl (C=O) groups excluding carboxylic acids is 2. The molecule has 1 aromatic heterocycles. The highest BCUT2D eigenvalue weighted by molar-refractivity contribution is 6.35. The third kappa shape index (κ3) is 3.10. The van der Waals surface area contributed by atoms with Crippen molar-refractivity contribution in [2.45, 2.75) is 6.54 Å². The van der Waals surface area contributed by atoms with Crippen LogP contribution in [0.5, 0.6) is 5.75 Å². The Morgan fingerprint density at radius 3 is 2.52 bits per heavy atom. The molecule has 2 aromatic rings. The Labute approximate surface area is 156 Å². The number of ether oxygens (including phenoxy) is 2. The number of methoxy groups -OCH3 is 1. The number of hydrogen-bond acceptors (Lipinski definition) is 6. The Balaban J connectivity index is 1.79. The van der Waals surface area contributed by atoms with Gasteiger partial charge < -0.3 is 18.8 Å². The summed E-state index contributed by atoms with van der Waals surface area (Å²) in [6, 6.07) is 10.7. The summed E-state index contributed by atoms with van der Waals surface area (Å²) in [5.74, 6) is 0.445. The summed E-state index contributed by atoms with van der Waals surface area (Å²) in [5, 5.41) is 0. The number of amides is 2. The molecule has 0 bridgehead atoms. The first kappa shape index (κ1) is 17.4. The molecule has 2 aliphatic heterocycles. The Morgan fingerprint density at radius 2 is 1.81 bits per heavy atom. The predicted octanol–water partition coefficient (Wildman–Crippen LogP) is 1.90. The van der Waals surface area contributed by atoms with Crippen molar-refractivity contribution in [2.24, 2.45) is 0 Å². The lowest BCUT2D eigenvalue weighted by Crippen LogP contribution is -2.40. The second-order valence-electron chi connectivity index (χ2n) is 6.30. The number of benzene rings is 1. The van der Waals surface area contributed by atoms with Crippen LogP contribution in [0.4, 0.5) is 0 Å². The van der Waals surface area contributed by atoms with Crippen molar-refractivity contribution < 1.29 is 23.5 Å².